The minimum absolute atomic E-state index is 0.0125. The number of H-pyrrole nitrogens is 1. The smallest absolute Gasteiger partial charge is 0.260 e. The van der Waals surface area contributed by atoms with Gasteiger partial charge < -0.3 is 9.64 Å². The summed E-state index contributed by atoms with van der Waals surface area (Å²) in [6, 6.07) is 1.63. The maximum Gasteiger partial charge on any atom is 0.260 e. The van der Waals surface area contributed by atoms with E-state index in [-0.39, 0.29) is 5.56 Å². The number of rotatable bonds is 1. The molecule has 0 spiro atoms. The second-order valence-corrected chi connectivity index (χ2v) is 3.48. The van der Waals surface area contributed by atoms with E-state index in [2.05, 4.69) is 9.27 Å². The highest BCUT2D eigenvalue weighted by Crippen LogP contribution is 2.16. The molecule has 0 atom stereocenters. The van der Waals surface area contributed by atoms with Gasteiger partial charge in [-0.3, -0.25) is 9.17 Å². The van der Waals surface area contributed by atoms with E-state index in [9.17, 15) is 4.79 Å². The van der Waals surface area contributed by atoms with Crippen LogP contribution in [0.2, 0.25) is 0 Å². The SMILES string of the molecule is O=c1cc(N2CCOCC2)s[nH]1. The molecule has 1 aliphatic rings. The first-order chi connectivity index (χ1) is 5.86. The topological polar surface area (TPSA) is 45.3 Å². The summed E-state index contributed by atoms with van der Waals surface area (Å²) in [6.07, 6.45) is 0. The lowest BCUT2D eigenvalue weighted by Gasteiger charge is -2.26. The van der Waals surface area contributed by atoms with E-state index in [0.29, 0.717) is 0 Å². The number of anilines is 1. The summed E-state index contributed by atoms with van der Waals surface area (Å²) in [4.78, 5) is 13.0. The summed E-state index contributed by atoms with van der Waals surface area (Å²) < 4.78 is 7.87. The summed E-state index contributed by atoms with van der Waals surface area (Å²) in [7, 11) is 0. The number of aromatic nitrogens is 1. The van der Waals surface area contributed by atoms with E-state index >= 15 is 0 Å². The summed E-state index contributed by atoms with van der Waals surface area (Å²) >= 11 is 1.39. The quantitative estimate of drug-likeness (QED) is 0.685. The number of ether oxygens (including phenoxy) is 1. The van der Waals surface area contributed by atoms with Crippen molar-refractivity contribution >= 4 is 16.5 Å². The van der Waals surface area contributed by atoms with Crippen LogP contribution in [0, 0.1) is 0 Å². The highest BCUT2D eigenvalue weighted by molar-refractivity contribution is 7.10. The van der Waals surface area contributed by atoms with Crippen LogP contribution in [-0.4, -0.2) is 30.7 Å². The van der Waals surface area contributed by atoms with Gasteiger partial charge >= 0.3 is 0 Å². The Morgan fingerprint density at radius 3 is 2.83 bits per heavy atom. The number of aromatic amines is 1. The van der Waals surface area contributed by atoms with Crippen molar-refractivity contribution in [3.8, 4) is 0 Å². The second-order valence-electron chi connectivity index (χ2n) is 2.65. The van der Waals surface area contributed by atoms with E-state index in [1.54, 1.807) is 6.07 Å². The van der Waals surface area contributed by atoms with Crippen molar-refractivity contribution in [1.82, 2.24) is 4.37 Å². The van der Waals surface area contributed by atoms with Gasteiger partial charge in [0.2, 0.25) is 0 Å². The van der Waals surface area contributed by atoms with Gasteiger partial charge in [0.05, 0.1) is 13.2 Å². The van der Waals surface area contributed by atoms with Crippen LogP contribution in [0.25, 0.3) is 0 Å². The van der Waals surface area contributed by atoms with Crippen molar-refractivity contribution < 1.29 is 4.74 Å². The highest BCUT2D eigenvalue weighted by atomic mass is 32.1. The standard InChI is InChI=1S/C7H10N2O2S/c10-6-5-7(12-8-6)9-1-3-11-4-2-9/h5H,1-4H2,(H,8,10). The molecule has 0 bridgehead atoms. The molecule has 0 saturated carbocycles. The van der Waals surface area contributed by atoms with E-state index in [1.165, 1.54) is 11.5 Å². The average Bonchev–Trinajstić information content (AvgIpc) is 2.54. The predicted octanol–water partition coefficient (Wildman–Crippen LogP) is 0.273. The summed E-state index contributed by atoms with van der Waals surface area (Å²) in [5.41, 5.74) is -0.0125. The van der Waals surface area contributed by atoms with Gasteiger partial charge in [0, 0.05) is 19.2 Å². The van der Waals surface area contributed by atoms with Crippen LogP contribution in [0.15, 0.2) is 10.9 Å². The van der Waals surface area contributed by atoms with Crippen LogP contribution in [0.1, 0.15) is 0 Å². The zero-order chi connectivity index (χ0) is 8.39. The van der Waals surface area contributed by atoms with Crippen molar-refractivity contribution in [2.75, 3.05) is 31.2 Å². The first-order valence-corrected chi connectivity index (χ1v) is 4.69. The second kappa shape index (κ2) is 3.28. The molecule has 5 heteroatoms. The normalized spacial score (nSPS) is 18.2. The van der Waals surface area contributed by atoms with Crippen molar-refractivity contribution in [1.29, 1.82) is 0 Å². The molecule has 0 amide bonds. The third-order valence-electron chi connectivity index (χ3n) is 1.83. The van der Waals surface area contributed by atoms with Gasteiger partial charge in [-0.25, -0.2) is 0 Å². The van der Waals surface area contributed by atoms with E-state index in [4.69, 9.17) is 4.74 Å². The Bertz CT molecular complexity index is 300. The Hall–Kier alpha value is -0.810. The Kier molecular flexibility index (Phi) is 2.14. The Labute approximate surface area is 73.9 Å². The van der Waals surface area contributed by atoms with E-state index in [0.717, 1.165) is 31.3 Å². The molecule has 0 aliphatic carbocycles. The number of hydrogen-bond donors (Lipinski definition) is 1. The van der Waals surface area contributed by atoms with Gasteiger partial charge in [-0.15, -0.1) is 0 Å². The zero-order valence-electron chi connectivity index (χ0n) is 6.58. The van der Waals surface area contributed by atoms with E-state index < -0.39 is 0 Å². The van der Waals surface area contributed by atoms with Gasteiger partial charge in [-0.1, -0.05) is 0 Å². The lowest BCUT2D eigenvalue weighted by atomic mass is 10.4. The highest BCUT2D eigenvalue weighted by Gasteiger charge is 2.12. The molecule has 1 fully saturated rings. The molecule has 1 aliphatic heterocycles. The minimum Gasteiger partial charge on any atom is -0.378 e. The number of nitrogens with one attached hydrogen (secondary N) is 1. The fraction of sp³-hybridized carbons (Fsp3) is 0.571. The Morgan fingerprint density at radius 2 is 2.25 bits per heavy atom. The predicted molar refractivity (Wildman–Crippen MR) is 48.0 cm³/mol. The van der Waals surface area contributed by atoms with Gasteiger partial charge in [-0.2, -0.15) is 0 Å². The Morgan fingerprint density at radius 1 is 1.50 bits per heavy atom. The van der Waals surface area contributed by atoms with Crippen LogP contribution in [0.3, 0.4) is 0 Å². The lowest BCUT2D eigenvalue weighted by molar-refractivity contribution is 0.123. The molecule has 1 aromatic rings. The molecule has 1 saturated heterocycles. The molecule has 1 aromatic heterocycles. The summed E-state index contributed by atoms with van der Waals surface area (Å²) in [5.74, 6) is 0. The van der Waals surface area contributed by atoms with E-state index in [1.807, 2.05) is 0 Å². The molecule has 0 unspecified atom stereocenters. The fourth-order valence-corrected chi connectivity index (χ4v) is 1.95. The van der Waals surface area contributed by atoms with Crippen molar-refractivity contribution in [3.63, 3.8) is 0 Å². The monoisotopic (exact) mass is 186 g/mol. The van der Waals surface area contributed by atoms with Crippen LogP contribution in [-0.2, 0) is 4.74 Å². The van der Waals surface area contributed by atoms with Crippen molar-refractivity contribution in [2.24, 2.45) is 0 Å². The largest absolute Gasteiger partial charge is 0.378 e. The number of nitrogens with zero attached hydrogens (tertiary/aromatic N) is 1. The molecule has 1 N–H and O–H groups in total. The molecule has 4 nitrogen and oxygen atoms in total. The number of morpholine rings is 1. The summed E-state index contributed by atoms with van der Waals surface area (Å²) in [6.45, 7) is 3.28. The first-order valence-electron chi connectivity index (χ1n) is 3.87. The Balaban J connectivity index is 2.13. The molecular formula is C7H10N2O2S. The van der Waals surface area contributed by atoms with Crippen LogP contribution in [0.5, 0.6) is 0 Å². The minimum atomic E-state index is -0.0125. The average molecular weight is 186 g/mol. The van der Waals surface area contributed by atoms with Crippen molar-refractivity contribution in [2.45, 2.75) is 0 Å². The molecule has 2 rings (SSSR count). The van der Waals surface area contributed by atoms with Crippen LogP contribution >= 0.6 is 11.5 Å². The molecule has 12 heavy (non-hydrogen) atoms. The van der Waals surface area contributed by atoms with Gasteiger partial charge in [-0.05, 0) is 11.5 Å². The van der Waals surface area contributed by atoms with Gasteiger partial charge in [0.15, 0.2) is 0 Å². The zero-order valence-corrected chi connectivity index (χ0v) is 7.39. The molecule has 2 heterocycles. The molecule has 0 radical (unpaired) electrons. The maximum absolute atomic E-state index is 10.8. The van der Waals surface area contributed by atoms with Gasteiger partial charge in [0.1, 0.15) is 5.00 Å². The van der Waals surface area contributed by atoms with Crippen LogP contribution in [0.4, 0.5) is 5.00 Å². The first kappa shape index (κ1) is 7.82. The fourth-order valence-electron chi connectivity index (χ4n) is 1.21. The molecule has 66 valence electrons. The lowest BCUT2D eigenvalue weighted by Crippen LogP contribution is -2.35. The number of hydrogen-bond acceptors (Lipinski definition) is 4. The third-order valence-corrected chi connectivity index (χ3v) is 2.72. The molecule has 0 aromatic carbocycles. The maximum atomic E-state index is 10.8. The van der Waals surface area contributed by atoms with Crippen LogP contribution < -0.4 is 10.5 Å². The van der Waals surface area contributed by atoms with Gasteiger partial charge in [0.25, 0.3) is 5.56 Å². The molecular weight excluding hydrogens is 176 g/mol. The van der Waals surface area contributed by atoms with Crippen molar-refractivity contribution in [3.05, 3.63) is 16.4 Å². The third kappa shape index (κ3) is 1.51. The summed E-state index contributed by atoms with van der Waals surface area (Å²) in [5, 5.41) is 1.02.